The van der Waals surface area contributed by atoms with Gasteiger partial charge in [0.25, 0.3) is 0 Å². The van der Waals surface area contributed by atoms with Crippen LogP contribution in [-0.4, -0.2) is 18.5 Å². The molecule has 1 aromatic rings. The first-order valence-electron chi connectivity index (χ1n) is 5.95. The molecule has 0 fully saturated rings. The second-order valence-corrected chi connectivity index (χ2v) is 4.52. The second kappa shape index (κ2) is 6.56. The van der Waals surface area contributed by atoms with Gasteiger partial charge in [-0.25, -0.2) is 0 Å². The SMILES string of the molecule is CC(C)NC(=O)CNCc1ccc(C(F)(F)F)cc1. The van der Waals surface area contributed by atoms with Gasteiger partial charge in [0, 0.05) is 12.6 Å². The van der Waals surface area contributed by atoms with Gasteiger partial charge < -0.3 is 10.6 Å². The van der Waals surface area contributed by atoms with E-state index in [1.165, 1.54) is 12.1 Å². The van der Waals surface area contributed by atoms with Crippen molar-refractivity contribution >= 4 is 5.91 Å². The monoisotopic (exact) mass is 274 g/mol. The Morgan fingerprint density at radius 2 is 1.79 bits per heavy atom. The number of hydrogen-bond acceptors (Lipinski definition) is 2. The van der Waals surface area contributed by atoms with E-state index in [0.717, 1.165) is 12.1 Å². The Hall–Kier alpha value is -1.56. The predicted octanol–water partition coefficient (Wildman–Crippen LogP) is 2.32. The highest BCUT2D eigenvalue weighted by Gasteiger charge is 2.29. The lowest BCUT2D eigenvalue weighted by atomic mass is 10.1. The number of alkyl halides is 3. The van der Waals surface area contributed by atoms with Crippen LogP contribution in [0.3, 0.4) is 0 Å². The number of benzene rings is 1. The Morgan fingerprint density at radius 1 is 1.21 bits per heavy atom. The van der Waals surface area contributed by atoms with Crippen LogP contribution in [-0.2, 0) is 17.5 Å². The summed E-state index contributed by atoms with van der Waals surface area (Å²) in [4.78, 5) is 11.3. The van der Waals surface area contributed by atoms with Crippen LogP contribution in [0.15, 0.2) is 24.3 Å². The van der Waals surface area contributed by atoms with E-state index in [4.69, 9.17) is 0 Å². The van der Waals surface area contributed by atoms with Crippen LogP contribution in [0.2, 0.25) is 0 Å². The quantitative estimate of drug-likeness (QED) is 0.865. The molecule has 0 unspecified atom stereocenters. The molecule has 1 amide bonds. The molecule has 0 saturated carbocycles. The first-order chi connectivity index (χ1) is 8.79. The second-order valence-electron chi connectivity index (χ2n) is 4.52. The van der Waals surface area contributed by atoms with Gasteiger partial charge in [-0.3, -0.25) is 4.79 Å². The first-order valence-corrected chi connectivity index (χ1v) is 5.95. The fraction of sp³-hybridized carbons (Fsp3) is 0.462. The third-order valence-corrected chi connectivity index (χ3v) is 2.35. The summed E-state index contributed by atoms with van der Waals surface area (Å²) in [6, 6.07) is 4.93. The van der Waals surface area contributed by atoms with Crippen LogP contribution >= 0.6 is 0 Å². The van der Waals surface area contributed by atoms with Gasteiger partial charge in [-0.15, -0.1) is 0 Å². The highest BCUT2D eigenvalue weighted by atomic mass is 19.4. The molecule has 0 bridgehead atoms. The van der Waals surface area contributed by atoms with E-state index in [2.05, 4.69) is 10.6 Å². The Balaban J connectivity index is 2.40. The summed E-state index contributed by atoms with van der Waals surface area (Å²) in [6.07, 6.45) is -4.32. The third-order valence-electron chi connectivity index (χ3n) is 2.35. The topological polar surface area (TPSA) is 41.1 Å². The fourth-order valence-electron chi connectivity index (χ4n) is 1.50. The molecule has 106 valence electrons. The van der Waals surface area contributed by atoms with Gasteiger partial charge >= 0.3 is 6.18 Å². The predicted molar refractivity (Wildman–Crippen MR) is 66.4 cm³/mol. The molecule has 0 aromatic heterocycles. The van der Waals surface area contributed by atoms with Crippen molar-refractivity contribution in [1.82, 2.24) is 10.6 Å². The van der Waals surface area contributed by atoms with Gasteiger partial charge in [0.15, 0.2) is 0 Å². The van der Waals surface area contributed by atoms with Crippen molar-refractivity contribution in [3.8, 4) is 0 Å². The first kappa shape index (κ1) is 15.5. The molecule has 0 aliphatic carbocycles. The molecule has 0 saturated heterocycles. The maximum absolute atomic E-state index is 12.3. The molecule has 0 spiro atoms. The number of carbonyl (C=O) groups excluding carboxylic acids is 1. The summed E-state index contributed by atoms with van der Waals surface area (Å²) in [5.74, 6) is -0.137. The third kappa shape index (κ3) is 5.74. The van der Waals surface area contributed by atoms with E-state index >= 15 is 0 Å². The molecular formula is C13H17F3N2O. The van der Waals surface area contributed by atoms with Crippen LogP contribution in [0, 0.1) is 0 Å². The molecule has 19 heavy (non-hydrogen) atoms. The van der Waals surface area contributed by atoms with Gasteiger partial charge in [0.2, 0.25) is 5.91 Å². The maximum atomic E-state index is 12.3. The molecule has 2 N–H and O–H groups in total. The van der Waals surface area contributed by atoms with E-state index in [9.17, 15) is 18.0 Å². The average Bonchev–Trinajstić information content (AvgIpc) is 2.27. The zero-order valence-corrected chi connectivity index (χ0v) is 10.8. The largest absolute Gasteiger partial charge is 0.416 e. The van der Waals surface area contributed by atoms with E-state index < -0.39 is 11.7 Å². The zero-order chi connectivity index (χ0) is 14.5. The van der Waals surface area contributed by atoms with Gasteiger partial charge in [0.1, 0.15) is 0 Å². The summed E-state index contributed by atoms with van der Waals surface area (Å²) < 4.78 is 37.0. The van der Waals surface area contributed by atoms with Crippen molar-refractivity contribution < 1.29 is 18.0 Å². The summed E-state index contributed by atoms with van der Waals surface area (Å²) in [6.45, 7) is 4.20. The van der Waals surface area contributed by atoms with Crippen LogP contribution in [0.5, 0.6) is 0 Å². The lowest BCUT2D eigenvalue weighted by molar-refractivity contribution is -0.137. The molecule has 6 heteroatoms. The Kier molecular flexibility index (Phi) is 5.35. The molecule has 0 aliphatic heterocycles. The minimum atomic E-state index is -4.32. The van der Waals surface area contributed by atoms with Gasteiger partial charge in [-0.2, -0.15) is 13.2 Å². The van der Waals surface area contributed by atoms with Crippen LogP contribution < -0.4 is 10.6 Å². The lowest BCUT2D eigenvalue weighted by Crippen LogP contribution is -2.37. The van der Waals surface area contributed by atoms with Crippen LogP contribution in [0.25, 0.3) is 0 Å². The van der Waals surface area contributed by atoms with E-state index in [1.807, 2.05) is 13.8 Å². The molecule has 1 aromatic carbocycles. The van der Waals surface area contributed by atoms with E-state index in [1.54, 1.807) is 0 Å². The number of carbonyl (C=O) groups is 1. The standard InChI is InChI=1S/C13H17F3N2O/c1-9(2)18-12(19)8-17-7-10-3-5-11(6-4-10)13(14,15)16/h3-6,9,17H,7-8H2,1-2H3,(H,18,19). The minimum absolute atomic E-state index is 0.0698. The molecule has 0 heterocycles. The number of halogens is 3. The molecular weight excluding hydrogens is 257 g/mol. The van der Waals surface area contributed by atoms with Crippen molar-refractivity contribution in [2.45, 2.75) is 32.6 Å². The Morgan fingerprint density at radius 3 is 2.26 bits per heavy atom. The smallest absolute Gasteiger partial charge is 0.353 e. The number of rotatable bonds is 5. The fourth-order valence-corrected chi connectivity index (χ4v) is 1.50. The van der Waals surface area contributed by atoms with E-state index in [0.29, 0.717) is 12.1 Å². The van der Waals surface area contributed by atoms with Gasteiger partial charge in [0.05, 0.1) is 12.1 Å². The van der Waals surface area contributed by atoms with Crippen molar-refractivity contribution in [3.63, 3.8) is 0 Å². The maximum Gasteiger partial charge on any atom is 0.416 e. The molecule has 0 radical (unpaired) electrons. The van der Waals surface area contributed by atoms with Crippen LogP contribution in [0.1, 0.15) is 25.0 Å². The Labute approximate surface area is 110 Å². The van der Waals surface area contributed by atoms with Crippen molar-refractivity contribution in [2.24, 2.45) is 0 Å². The Bertz CT molecular complexity index is 413. The normalized spacial score (nSPS) is 11.7. The van der Waals surface area contributed by atoms with Crippen molar-refractivity contribution in [1.29, 1.82) is 0 Å². The van der Waals surface area contributed by atoms with E-state index in [-0.39, 0.29) is 18.5 Å². The summed E-state index contributed by atoms with van der Waals surface area (Å²) in [5.41, 5.74) is 0.0270. The highest BCUT2D eigenvalue weighted by molar-refractivity contribution is 5.78. The van der Waals surface area contributed by atoms with Crippen LogP contribution in [0.4, 0.5) is 13.2 Å². The summed E-state index contributed by atoms with van der Waals surface area (Å²) in [5, 5.41) is 5.58. The lowest BCUT2D eigenvalue weighted by Gasteiger charge is -2.10. The summed E-state index contributed by atoms with van der Waals surface area (Å²) in [7, 11) is 0. The van der Waals surface area contributed by atoms with Gasteiger partial charge in [-0.1, -0.05) is 12.1 Å². The summed E-state index contributed by atoms with van der Waals surface area (Å²) >= 11 is 0. The van der Waals surface area contributed by atoms with Gasteiger partial charge in [-0.05, 0) is 31.5 Å². The molecule has 1 rings (SSSR count). The molecule has 3 nitrogen and oxygen atoms in total. The zero-order valence-electron chi connectivity index (χ0n) is 10.8. The minimum Gasteiger partial charge on any atom is -0.353 e. The molecule has 0 aliphatic rings. The van der Waals surface area contributed by atoms with Crippen molar-refractivity contribution in [2.75, 3.05) is 6.54 Å². The molecule has 0 atom stereocenters. The highest BCUT2D eigenvalue weighted by Crippen LogP contribution is 2.28. The number of amides is 1. The number of nitrogens with one attached hydrogen (secondary N) is 2. The average molecular weight is 274 g/mol. The number of hydrogen-bond donors (Lipinski definition) is 2. The van der Waals surface area contributed by atoms with Crippen molar-refractivity contribution in [3.05, 3.63) is 35.4 Å².